The van der Waals surface area contributed by atoms with Gasteiger partial charge in [-0.25, -0.2) is 9.37 Å². The molecular weight excluding hydrogens is 245 g/mol. The number of anilines is 1. The lowest BCUT2D eigenvalue weighted by Gasteiger charge is -2.05. The molecule has 1 amide bonds. The normalized spacial score (nSPS) is 10.2. The van der Waals surface area contributed by atoms with Crippen LogP contribution in [0.3, 0.4) is 0 Å². The van der Waals surface area contributed by atoms with Crippen LogP contribution in [0.4, 0.5) is 10.1 Å². The molecule has 1 aromatic carbocycles. The third kappa shape index (κ3) is 3.51. The number of nitrogens with zero attached hydrogens (tertiary/aromatic N) is 1. The summed E-state index contributed by atoms with van der Waals surface area (Å²) in [6.45, 7) is 0.353. The smallest absolute Gasteiger partial charge is 0.269 e. The number of nitrogens with two attached hydrogens (primary N) is 1. The summed E-state index contributed by atoms with van der Waals surface area (Å²) in [5.74, 6) is -0.557. The average Bonchev–Trinajstić information content (AvgIpc) is 2.41. The molecule has 0 aliphatic heterocycles. The average molecular weight is 259 g/mol. The zero-order chi connectivity index (χ0) is 13.7. The van der Waals surface area contributed by atoms with Crippen LogP contribution in [0.2, 0.25) is 0 Å². The first-order valence-corrected chi connectivity index (χ1v) is 5.90. The molecule has 0 radical (unpaired) electrons. The van der Waals surface area contributed by atoms with Gasteiger partial charge in [-0.3, -0.25) is 4.79 Å². The predicted octanol–water partition coefficient (Wildman–Crippen LogP) is 1.78. The Labute approximate surface area is 110 Å². The van der Waals surface area contributed by atoms with E-state index in [2.05, 4.69) is 10.3 Å². The second-order valence-electron chi connectivity index (χ2n) is 4.07. The molecule has 0 aliphatic rings. The highest BCUT2D eigenvalue weighted by Crippen LogP contribution is 2.06. The van der Waals surface area contributed by atoms with Crippen molar-refractivity contribution in [1.82, 2.24) is 10.3 Å². The van der Waals surface area contributed by atoms with Crippen LogP contribution >= 0.6 is 0 Å². The van der Waals surface area contributed by atoms with Crippen LogP contribution in [-0.4, -0.2) is 17.4 Å². The van der Waals surface area contributed by atoms with Gasteiger partial charge in [0.1, 0.15) is 11.5 Å². The Kier molecular flexibility index (Phi) is 4.07. The van der Waals surface area contributed by atoms with Crippen LogP contribution in [-0.2, 0) is 6.42 Å². The van der Waals surface area contributed by atoms with Gasteiger partial charge >= 0.3 is 0 Å². The third-order valence-electron chi connectivity index (χ3n) is 2.66. The number of hydrogen-bond donors (Lipinski definition) is 2. The Balaban J connectivity index is 1.88. The number of carbonyl (C=O) groups excluding carboxylic acids is 1. The van der Waals surface area contributed by atoms with Gasteiger partial charge in [-0.2, -0.15) is 0 Å². The van der Waals surface area contributed by atoms with Gasteiger partial charge in [-0.1, -0.05) is 18.2 Å². The highest BCUT2D eigenvalue weighted by molar-refractivity contribution is 5.92. The maximum absolute atomic E-state index is 13.3. The number of benzene rings is 1. The lowest BCUT2D eigenvalue weighted by Crippen LogP contribution is -2.26. The summed E-state index contributed by atoms with van der Waals surface area (Å²) in [4.78, 5) is 15.6. The number of aromatic nitrogens is 1. The van der Waals surface area contributed by atoms with E-state index in [1.54, 1.807) is 30.3 Å². The monoisotopic (exact) mass is 259 g/mol. The molecule has 2 rings (SSSR count). The van der Waals surface area contributed by atoms with Gasteiger partial charge in [0.05, 0.1) is 11.9 Å². The van der Waals surface area contributed by atoms with Crippen molar-refractivity contribution in [3.63, 3.8) is 0 Å². The van der Waals surface area contributed by atoms with E-state index in [9.17, 15) is 9.18 Å². The third-order valence-corrected chi connectivity index (χ3v) is 2.66. The second kappa shape index (κ2) is 5.95. The first-order chi connectivity index (χ1) is 9.16. The van der Waals surface area contributed by atoms with Crippen LogP contribution in [0.5, 0.6) is 0 Å². The molecule has 98 valence electrons. The van der Waals surface area contributed by atoms with Crippen molar-refractivity contribution < 1.29 is 9.18 Å². The Bertz CT molecular complexity index is 569. The first-order valence-electron chi connectivity index (χ1n) is 5.90. The van der Waals surface area contributed by atoms with Gasteiger partial charge in [-0.15, -0.1) is 0 Å². The molecule has 0 spiro atoms. The quantitative estimate of drug-likeness (QED) is 0.879. The Morgan fingerprint density at radius 3 is 2.74 bits per heavy atom. The number of nitrogens with one attached hydrogen (secondary N) is 1. The van der Waals surface area contributed by atoms with Crippen LogP contribution in [0.25, 0.3) is 0 Å². The van der Waals surface area contributed by atoms with Crippen LogP contribution in [0, 0.1) is 5.82 Å². The Morgan fingerprint density at radius 1 is 1.26 bits per heavy atom. The first kappa shape index (κ1) is 13.0. The van der Waals surface area contributed by atoms with E-state index in [1.165, 1.54) is 12.3 Å². The number of rotatable bonds is 4. The minimum atomic E-state index is -0.295. The summed E-state index contributed by atoms with van der Waals surface area (Å²) in [6, 6.07) is 9.66. The summed E-state index contributed by atoms with van der Waals surface area (Å²) < 4.78 is 13.3. The van der Waals surface area contributed by atoms with Gasteiger partial charge < -0.3 is 11.1 Å². The number of amides is 1. The summed E-state index contributed by atoms with van der Waals surface area (Å²) in [5.41, 5.74) is 6.86. The summed E-state index contributed by atoms with van der Waals surface area (Å²) >= 11 is 0. The standard InChI is InChI=1S/C14H14FN3O/c15-12-4-2-1-3-10(12)7-8-17-14(19)13-6-5-11(16)9-18-13/h1-6,9H,7-8,16H2,(H,17,19). The summed E-state index contributed by atoms with van der Waals surface area (Å²) in [7, 11) is 0. The lowest BCUT2D eigenvalue weighted by atomic mass is 10.1. The molecule has 3 N–H and O–H groups in total. The highest BCUT2D eigenvalue weighted by atomic mass is 19.1. The number of halogens is 1. The molecule has 5 heteroatoms. The van der Waals surface area contributed by atoms with Crippen molar-refractivity contribution >= 4 is 11.6 Å². The Hall–Kier alpha value is -2.43. The molecule has 0 atom stereocenters. The van der Waals surface area contributed by atoms with E-state index in [1.807, 2.05) is 0 Å². The molecule has 0 fully saturated rings. The molecular formula is C14H14FN3O. The second-order valence-corrected chi connectivity index (χ2v) is 4.07. The largest absolute Gasteiger partial charge is 0.397 e. The SMILES string of the molecule is Nc1ccc(C(=O)NCCc2ccccc2F)nc1. The van der Waals surface area contributed by atoms with Gasteiger partial charge in [-0.05, 0) is 30.2 Å². The molecule has 0 saturated heterocycles. The zero-order valence-corrected chi connectivity index (χ0v) is 10.3. The topological polar surface area (TPSA) is 68.0 Å². The van der Waals surface area contributed by atoms with E-state index in [0.29, 0.717) is 29.9 Å². The van der Waals surface area contributed by atoms with Crippen molar-refractivity contribution in [2.24, 2.45) is 0 Å². The maximum Gasteiger partial charge on any atom is 0.269 e. The maximum atomic E-state index is 13.3. The molecule has 0 unspecified atom stereocenters. The van der Waals surface area contributed by atoms with E-state index in [4.69, 9.17) is 5.73 Å². The number of hydrogen-bond acceptors (Lipinski definition) is 3. The molecule has 2 aromatic rings. The minimum Gasteiger partial charge on any atom is -0.397 e. The van der Waals surface area contributed by atoms with Crippen molar-refractivity contribution in [2.75, 3.05) is 12.3 Å². The zero-order valence-electron chi connectivity index (χ0n) is 10.3. The Morgan fingerprint density at radius 2 is 2.05 bits per heavy atom. The van der Waals surface area contributed by atoms with Crippen molar-refractivity contribution in [3.05, 3.63) is 59.7 Å². The van der Waals surface area contributed by atoms with Gasteiger partial charge in [0.2, 0.25) is 0 Å². The fourth-order valence-electron chi connectivity index (χ4n) is 1.64. The number of pyridine rings is 1. The molecule has 19 heavy (non-hydrogen) atoms. The lowest BCUT2D eigenvalue weighted by molar-refractivity contribution is 0.0949. The molecule has 1 aromatic heterocycles. The minimum absolute atomic E-state index is 0.262. The molecule has 0 aliphatic carbocycles. The van der Waals surface area contributed by atoms with Crippen molar-refractivity contribution in [1.29, 1.82) is 0 Å². The fourth-order valence-corrected chi connectivity index (χ4v) is 1.64. The van der Waals surface area contributed by atoms with E-state index >= 15 is 0 Å². The van der Waals surface area contributed by atoms with E-state index < -0.39 is 0 Å². The van der Waals surface area contributed by atoms with Crippen molar-refractivity contribution in [2.45, 2.75) is 6.42 Å². The van der Waals surface area contributed by atoms with Crippen molar-refractivity contribution in [3.8, 4) is 0 Å². The van der Waals surface area contributed by atoms with Crippen LogP contribution in [0.15, 0.2) is 42.6 Å². The van der Waals surface area contributed by atoms with E-state index in [0.717, 1.165) is 0 Å². The fraction of sp³-hybridized carbons (Fsp3) is 0.143. The van der Waals surface area contributed by atoms with Gasteiger partial charge in [0.15, 0.2) is 0 Å². The van der Waals surface area contributed by atoms with E-state index in [-0.39, 0.29) is 11.7 Å². The predicted molar refractivity (Wildman–Crippen MR) is 71.1 cm³/mol. The highest BCUT2D eigenvalue weighted by Gasteiger charge is 2.06. The summed E-state index contributed by atoms with van der Waals surface area (Å²) in [6.07, 6.45) is 1.86. The van der Waals surface area contributed by atoms with Gasteiger partial charge in [0.25, 0.3) is 5.91 Å². The van der Waals surface area contributed by atoms with Crippen LogP contribution in [0.1, 0.15) is 16.1 Å². The molecule has 0 saturated carbocycles. The molecule has 4 nitrogen and oxygen atoms in total. The number of carbonyl (C=O) groups is 1. The van der Waals surface area contributed by atoms with Gasteiger partial charge in [0, 0.05) is 6.54 Å². The van der Waals surface area contributed by atoms with Crippen LogP contribution < -0.4 is 11.1 Å². The molecule has 0 bridgehead atoms. The number of nitrogen functional groups attached to an aromatic ring is 1. The molecule has 1 heterocycles. The summed E-state index contributed by atoms with van der Waals surface area (Å²) in [5, 5.41) is 2.69.